The number of phosphoric acid groups is 2. The number of carbonyl (C=O) groups excluding carboxylic acids is 2. The highest BCUT2D eigenvalue weighted by molar-refractivity contribution is 7.47. The van der Waals surface area contributed by atoms with Gasteiger partial charge in [0.25, 0.3) is 0 Å². The molecule has 0 saturated carbocycles. The maximum Gasteiger partial charge on any atom is 0.472 e. The topological polar surface area (TPSA) is 348 Å². The second kappa shape index (κ2) is 17.9. The number of phosphoric ester groups is 2. The zero-order valence-electron chi connectivity index (χ0n) is 30.8. The van der Waals surface area contributed by atoms with Crippen molar-refractivity contribution in [3.05, 3.63) is 48.1 Å². The minimum absolute atomic E-state index is 0.0175. The Kier molecular flexibility index (Phi) is 13.4. The van der Waals surface area contributed by atoms with E-state index in [0.29, 0.717) is 13.0 Å². The van der Waals surface area contributed by atoms with Gasteiger partial charge in [0.1, 0.15) is 54.3 Å². The SMILES string of the molecule is C=CCCC(=O)N1CC(OCC)CC1C(=O)O[C@H]1[C@@H](O)[C@H](n2cnc3c(N)ncnc32)O[C@H]1COP(=O)(O)O[C@H]1C[C@H](n2ccc(N)nc2=O)O[C@@H]1COP(=O)(O)O. The summed E-state index contributed by atoms with van der Waals surface area (Å²) in [4.78, 5) is 86.1. The van der Waals surface area contributed by atoms with Crippen LogP contribution in [0.1, 0.15) is 45.1 Å². The van der Waals surface area contributed by atoms with E-state index in [9.17, 15) is 43.3 Å². The Bertz CT molecular complexity index is 2140. The molecule has 0 aliphatic carbocycles. The Labute approximate surface area is 328 Å². The number of amides is 1. The van der Waals surface area contributed by atoms with Crippen LogP contribution < -0.4 is 17.2 Å². The van der Waals surface area contributed by atoms with Crippen molar-refractivity contribution in [3.63, 3.8) is 0 Å². The van der Waals surface area contributed by atoms with Crippen molar-refractivity contribution in [1.29, 1.82) is 0 Å². The molecule has 0 aromatic carbocycles. The summed E-state index contributed by atoms with van der Waals surface area (Å²) in [5.41, 5.74) is 10.9. The number of hydrogen-bond donors (Lipinski definition) is 6. The molecule has 3 aliphatic rings. The monoisotopic (exact) mass is 859 g/mol. The molecule has 318 valence electrons. The van der Waals surface area contributed by atoms with E-state index in [1.165, 1.54) is 28.1 Å². The van der Waals surface area contributed by atoms with Crippen molar-refractivity contribution in [2.24, 2.45) is 0 Å². The highest BCUT2D eigenvalue weighted by atomic mass is 31.2. The Morgan fingerprint density at radius 1 is 1.07 bits per heavy atom. The van der Waals surface area contributed by atoms with Gasteiger partial charge < -0.3 is 55.1 Å². The van der Waals surface area contributed by atoms with Gasteiger partial charge in [0.2, 0.25) is 5.91 Å². The minimum atomic E-state index is -5.20. The molecule has 3 unspecified atom stereocenters. The summed E-state index contributed by atoms with van der Waals surface area (Å²) in [6.07, 6.45) is -5.41. The maximum absolute atomic E-state index is 13.9. The smallest absolute Gasteiger partial charge is 0.455 e. The van der Waals surface area contributed by atoms with E-state index in [-0.39, 0.29) is 54.5 Å². The molecule has 3 aromatic heterocycles. The fourth-order valence-corrected chi connectivity index (χ4v) is 8.14. The molecule has 3 fully saturated rings. The van der Waals surface area contributed by atoms with Crippen LogP contribution in [0.2, 0.25) is 0 Å². The number of rotatable bonds is 17. The predicted octanol–water partition coefficient (Wildman–Crippen LogP) is -0.711. The van der Waals surface area contributed by atoms with E-state index in [4.69, 9.17) is 39.5 Å². The molecule has 10 atom stereocenters. The Balaban J connectivity index is 1.22. The van der Waals surface area contributed by atoms with Crippen molar-refractivity contribution in [2.75, 3.05) is 37.8 Å². The van der Waals surface area contributed by atoms with Crippen LogP contribution in [0.15, 0.2) is 42.4 Å². The van der Waals surface area contributed by atoms with Gasteiger partial charge in [-0.25, -0.2) is 33.7 Å². The number of carbonyl (C=O) groups is 2. The number of hydrogen-bond acceptors (Lipinski definition) is 19. The lowest BCUT2D eigenvalue weighted by Gasteiger charge is -2.27. The summed E-state index contributed by atoms with van der Waals surface area (Å²) >= 11 is 0. The van der Waals surface area contributed by atoms with E-state index < -0.39 is 95.6 Å². The minimum Gasteiger partial charge on any atom is -0.455 e. The second-order valence-electron chi connectivity index (χ2n) is 13.3. The molecule has 0 spiro atoms. The van der Waals surface area contributed by atoms with Crippen LogP contribution in [0.4, 0.5) is 11.6 Å². The van der Waals surface area contributed by atoms with Gasteiger partial charge in [-0.1, -0.05) is 6.08 Å². The number of ether oxygens (including phenoxy) is 4. The summed E-state index contributed by atoms with van der Waals surface area (Å²) in [5.74, 6) is -1.36. The summed E-state index contributed by atoms with van der Waals surface area (Å²) < 4.78 is 65.8. The number of nitrogen functional groups attached to an aromatic ring is 2. The van der Waals surface area contributed by atoms with Crippen LogP contribution in [0.3, 0.4) is 0 Å². The molecular formula is C31H43N9O16P2. The summed E-state index contributed by atoms with van der Waals surface area (Å²) in [6.45, 7) is 4.11. The molecule has 6 heterocycles. The number of likely N-dealkylation sites (tertiary alicyclic amines) is 1. The van der Waals surface area contributed by atoms with E-state index in [1.54, 1.807) is 13.0 Å². The van der Waals surface area contributed by atoms with Crippen LogP contribution in [0.25, 0.3) is 11.2 Å². The number of nitrogens with two attached hydrogens (primary N) is 2. The van der Waals surface area contributed by atoms with Crippen molar-refractivity contribution in [3.8, 4) is 0 Å². The van der Waals surface area contributed by atoms with Gasteiger partial charge in [0, 0.05) is 38.6 Å². The molecule has 58 heavy (non-hydrogen) atoms. The van der Waals surface area contributed by atoms with Crippen molar-refractivity contribution >= 4 is 50.3 Å². The number of fused-ring (bicyclic) bond motifs is 1. The molecule has 6 rings (SSSR count). The number of anilines is 2. The standard InChI is InChI=1S/C31H43N9O16P2/c1-3-5-6-22(41)39-11-16(50-4-2)9-17(39)30(43)55-26-20(54-29(25(26)42)40-15-36-24-27(33)34-14-35-28(24)40)13-52-58(48,49)56-18-10-23(38-8-7-21(32)37-31(38)44)53-19(18)12-51-57(45,46)47/h3,7-8,14-20,23,25-26,29,42H,1,4-6,9-13H2,2H3,(H,48,49)(H2,32,37,44)(H2,33,34,35)(H2,45,46,47)/t16?,17?,18-,19+,20-,23+,25+,26+,29+/m0/s1. The van der Waals surface area contributed by atoms with Crippen molar-refractivity contribution in [1.82, 2.24) is 34.0 Å². The molecule has 27 heteroatoms. The molecule has 0 radical (unpaired) electrons. The van der Waals surface area contributed by atoms with Gasteiger partial charge >= 0.3 is 27.3 Å². The van der Waals surface area contributed by atoms with E-state index in [2.05, 4.69) is 31.0 Å². The van der Waals surface area contributed by atoms with Crippen LogP contribution in [0.5, 0.6) is 0 Å². The highest BCUT2D eigenvalue weighted by Gasteiger charge is 2.51. The summed E-state index contributed by atoms with van der Waals surface area (Å²) in [6, 6.07) is 0.158. The quantitative estimate of drug-likeness (QED) is 0.0554. The number of imidazole rings is 1. The van der Waals surface area contributed by atoms with Gasteiger partial charge in [-0.05, 0) is 19.4 Å². The van der Waals surface area contributed by atoms with Gasteiger partial charge in [-0.2, -0.15) is 4.98 Å². The van der Waals surface area contributed by atoms with Crippen LogP contribution in [-0.2, 0) is 51.2 Å². The maximum atomic E-state index is 13.9. The molecule has 3 saturated heterocycles. The Morgan fingerprint density at radius 3 is 2.53 bits per heavy atom. The summed E-state index contributed by atoms with van der Waals surface area (Å²) in [7, 11) is -10.3. The van der Waals surface area contributed by atoms with E-state index in [0.717, 1.165) is 10.9 Å². The van der Waals surface area contributed by atoms with Crippen molar-refractivity contribution < 1.29 is 71.0 Å². The third-order valence-corrected chi connectivity index (χ3v) is 11.0. The normalized spacial score (nSPS) is 28.5. The third kappa shape index (κ3) is 9.96. The van der Waals surface area contributed by atoms with Gasteiger partial charge in [-0.15, -0.1) is 6.58 Å². The zero-order chi connectivity index (χ0) is 41.9. The number of aromatic nitrogens is 6. The molecule has 3 aliphatic heterocycles. The lowest BCUT2D eigenvalue weighted by molar-refractivity contribution is -0.164. The first-order valence-corrected chi connectivity index (χ1v) is 20.9. The first-order chi connectivity index (χ1) is 27.5. The number of allylic oxidation sites excluding steroid dienone is 1. The lowest BCUT2D eigenvalue weighted by Crippen LogP contribution is -2.46. The fourth-order valence-electron chi connectivity index (χ4n) is 6.84. The highest BCUT2D eigenvalue weighted by Crippen LogP contribution is 2.50. The van der Waals surface area contributed by atoms with E-state index >= 15 is 0 Å². The van der Waals surface area contributed by atoms with E-state index in [1.807, 2.05) is 0 Å². The van der Waals surface area contributed by atoms with Crippen molar-refractivity contribution in [2.45, 2.75) is 87.7 Å². The first kappa shape index (κ1) is 43.4. The average molecular weight is 860 g/mol. The molecule has 25 nitrogen and oxygen atoms in total. The predicted molar refractivity (Wildman–Crippen MR) is 195 cm³/mol. The number of aliphatic hydroxyl groups excluding tert-OH is 1. The average Bonchev–Trinajstić information content (AvgIpc) is 3.94. The molecule has 1 amide bonds. The number of nitrogens with zero attached hydrogens (tertiary/aromatic N) is 7. The third-order valence-electron chi connectivity index (χ3n) is 9.46. The largest absolute Gasteiger partial charge is 0.472 e. The van der Waals surface area contributed by atoms with Gasteiger partial charge in [0.15, 0.2) is 23.8 Å². The zero-order valence-corrected chi connectivity index (χ0v) is 32.6. The van der Waals surface area contributed by atoms with Gasteiger partial charge in [0.05, 0.1) is 25.6 Å². The number of aliphatic hydroxyl groups is 1. The van der Waals surface area contributed by atoms with Crippen LogP contribution >= 0.6 is 15.6 Å². The van der Waals surface area contributed by atoms with Gasteiger partial charge in [-0.3, -0.25) is 27.5 Å². The molecule has 0 bridgehead atoms. The molecule has 3 aromatic rings. The summed E-state index contributed by atoms with van der Waals surface area (Å²) in [5, 5.41) is 11.6. The Morgan fingerprint density at radius 2 is 1.83 bits per heavy atom. The molecular weight excluding hydrogens is 816 g/mol. The molecule has 8 N–H and O–H groups in total. The van der Waals surface area contributed by atoms with Crippen LogP contribution in [-0.4, -0.2) is 135 Å². The Hall–Kier alpha value is -4.23. The second-order valence-corrected chi connectivity index (χ2v) is 16.0. The lowest BCUT2D eigenvalue weighted by atomic mass is 10.1. The first-order valence-electron chi connectivity index (χ1n) is 17.8. The number of esters is 1. The fraction of sp³-hybridized carbons (Fsp3) is 0.581. The van der Waals surface area contributed by atoms with Crippen LogP contribution in [0, 0.1) is 0 Å².